The monoisotopic (exact) mass is 488 g/mol. The zero-order valence-electron chi connectivity index (χ0n) is 18.2. The Morgan fingerprint density at radius 3 is 2.18 bits per heavy atom. The number of carboxylic acids is 1. The average Bonchev–Trinajstić information content (AvgIpc) is 3.46. The second kappa shape index (κ2) is 10.6. The van der Waals surface area contributed by atoms with Gasteiger partial charge in [-0.1, -0.05) is 44.2 Å². The van der Waals surface area contributed by atoms with Crippen molar-refractivity contribution in [1.82, 2.24) is 20.6 Å². The van der Waals surface area contributed by atoms with E-state index in [0.29, 0.717) is 10.0 Å². The number of aliphatic hydroxyl groups is 1. The van der Waals surface area contributed by atoms with Crippen LogP contribution in [0.2, 0.25) is 0 Å². The van der Waals surface area contributed by atoms with Crippen LogP contribution in [0, 0.1) is 5.92 Å². The Labute approximate surface area is 198 Å². The van der Waals surface area contributed by atoms with E-state index in [1.807, 2.05) is 44.2 Å². The topological polar surface area (TPSA) is 142 Å². The average molecular weight is 489 g/mol. The molecule has 0 aliphatic heterocycles. The Kier molecular flexibility index (Phi) is 7.90. The van der Waals surface area contributed by atoms with Crippen molar-refractivity contribution >= 4 is 40.5 Å². The minimum atomic E-state index is -1.24. The number of hydrogen-bond acceptors (Lipinski definition) is 8. The molecule has 3 aromatic rings. The second-order valence-electron chi connectivity index (χ2n) is 7.70. The molecule has 33 heavy (non-hydrogen) atoms. The van der Waals surface area contributed by atoms with Crippen LogP contribution in [0.3, 0.4) is 0 Å². The molecule has 0 radical (unpaired) electrons. The van der Waals surface area contributed by atoms with E-state index in [1.54, 1.807) is 5.38 Å². The van der Waals surface area contributed by atoms with Crippen molar-refractivity contribution in [3.63, 3.8) is 0 Å². The van der Waals surface area contributed by atoms with E-state index in [-0.39, 0.29) is 17.3 Å². The lowest BCUT2D eigenvalue weighted by Gasteiger charge is -2.25. The highest BCUT2D eigenvalue weighted by molar-refractivity contribution is 7.13. The Morgan fingerprint density at radius 2 is 1.61 bits per heavy atom. The number of rotatable bonds is 9. The second-order valence-corrected chi connectivity index (χ2v) is 9.45. The summed E-state index contributed by atoms with van der Waals surface area (Å²) in [5.41, 5.74) is 0.909. The maximum absolute atomic E-state index is 13.0. The minimum absolute atomic E-state index is 0.104. The molecule has 0 aliphatic carbocycles. The third kappa shape index (κ3) is 6.01. The third-order valence-corrected chi connectivity index (χ3v) is 6.60. The number of aromatic nitrogens is 2. The van der Waals surface area contributed by atoms with Gasteiger partial charge in [0.15, 0.2) is 5.69 Å². The van der Waals surface area contributed by atoms with Crippen molar-refractivity contribution in [3.8, 4) is 10.6 Å². The molecule has 2 heterocycles. The molecule has 0 saturated carbocycles. The van der Waals surface area contributed by atoms with Gasteiger partial charge in [0.25, 0.3) is 5.91 Å². The number of nitrogens with zero attached hydrogens (tertiary/aromatic N) is 2. The van der Waals surface area contributed by atoms with Crippen molar-refractivity contribution in [2.45, 2.75) is 39.0 Å². The smallest absolute Gasteiger partial charge is 0.355 e. The Morgan fingerprint density at radius 1 is 0.939 bits per heavy atom. The molecule has 0 unspecified atom stereocenters. The number of aromatic carboxylic acids is 1. The molecule has 0 spiro atoms. The van der Waals surface area contributed by atoms with Gasteiger partial charge in [-0.15, -0.1) is 22.7 Å². The molecule has 2 amide bonds. The molecule has 0 bridgehead atoms. The number of benzene rings is 1. The standard InChI is InChI=1S/C22H24N4O5S2/c1-11(2)16(21-24-15(10-33-21)22(30)31)25-19(29)17(12(3)27)26-18(28)14-9-32-20(23-14)13-7-5-4-6-8-13/h4-12,16-17,27H,1-3H3,(H,25,29)(H,26,28)(H,30,31)/t12-,16+,17+/m1/s1. The summed E-state index contributed by atoms with van der Waals surface area (Å²) in [5, 5.41) is 28.7. The van der Waals surface area contributed by atoms with Crippen molar-refractivity contribution in [3.05, 3.63) is 57.5 Å². The number of carbonyl (C=O) groups is 3. The van der Waals surface area contributed by atoms with Crippen LogP contribution in [0.15, 0.2) is 41.1 Å². The van der Waals surface area contributed by atoms with E-state index in [2.05, 4.69) is 20.6 Å². The summed E-state index contributed by atoms with van der Waals surface area (Å²) in [4.78, 5) is 45.3. The maximum Gasteiger partial charge on any atom is 0.355 e. The molecule has 0 fully saturated rings. The number of hydrogen-bond donors (Lipinski definition) is 4. The van der Waals surface area contributed by atoms with Crippen molar-refractivity contribution in [1.29, 1.82) is 0 Å². The van der Waals surface area contributed by atoms with E-state index in [1.165, 1.54) is 23.6 Å². The van der Waals surface area contributed by atoms with E-state index in [0.717, 1.165) is 16.9 Å². The highest BCUT2D eigenvalue weighted by atomic mass is 32.1. The molecule has 174 valence electrons. The summed E-state index contributed by atoms with van der Waals surface area (Å²) >= 11 is 2.42. The minimum Gasteiger partial charge on any atom is -0.476 e. The van der Waals surface area contributed by atoms with Crippen LogP contribution in [0.4, 0.5) is 0 Å². The van der Waals surface area contributed by atoms with Crippen LogP contribution in [0.1, 0.15) is 52.8 Å². The molecule has 0 aliphatic rings. The number of nitrogens with one attached hydrogen (secondary N) is 2. The normalized spacial score (nSPS) is 13.8. The van der Waals surface area contributed by atoms with Gasteiger partial charge in [-0.05, 0) is 12.8 Å². The lowest BCUT2D eigenvalue weighted by molar-refractivity contribution is -0.126. The summed E-state index contributed by atoms with van der Waals surface area (Å²) in [6.45, 7) is 5.10. The third-order valence-electron chi connectivity index (χ3n) is 4.78. The van der Waals surface area contributed by atoms with Gasteiger partial charge in [-0.3, -0.25) is 9.59 Å². The number of thiazole rings is 2. The van der Waals surface area contributed by atoms with Crippen LogP contribution in [0.5, 0.6) is 0 Å². The summed E-state index contributed by atoms with van der Waals surface area (Å²) in [6.07, 6.45) is -1.18. The van der Waals surface area contributed by atoms with Gasteiger partial charge in [0, 0.05) is 16.3 Å². The molecular formula is C22H24N4O5S2. The van der Waals surface area contributed by atoms with Crippen molar-refractivity contribution in [2.75, 3.05) is 0 Å². The SMILES string of the molecule is CC(C)[C@H](NC(=O)[C@@H](NC(=O)c1csc(-c2ccccc2)n1)[C@@H](C)O)c1nc(C(=O)O)cs1. The fraction of sp³-hybridized carbons (Fsp3) is 0.318. The molecule has 3 rings (SSSR count). The van der Waals surface area contributed by atoms with Gasteiger partial charge >= 0.3 is 5.97 Å². The van der Waals surface area contributed by atoms with Crippen molar-refractivity contribution < 1.29 is 24.6 Å². The van der Waals surface area contributed by atoms with Gasteiger partial charge < -0.3 is 20.8 Å². The first kappa shape index (κ1) is 24.5. The van der Waals surface area contributed by atoms with Crippen LogP contribution in [-0.2, 0) is 4.79 Å². The summed E-state index contributed by atoms with van der Waals surface area (Å²) in [7, 11) is 0. The lowest BCUT2D eigenvalue weighted by Crippen LogP contribution is -2.53. The Hall–Kier alpha value is -3.15. The quantitative estimate of drug-likeness (QED) is 0.363. The first-order chi connectivity index (χ1) is 15.7. The highest BCUT2D eigenvalue weighted by Gasteiger charge is 2.31. The number of amides is 2. The Balaban J connectivity index is 1.73. The predicted octanol–water partition coefficient (Wildman–Crippen LogP) is 2.96. The summed E-state index contributed by atoms with van der Waals surface area (Å²) in [5.74, 6) is -2.46. The highest BCUT2D eigenvalue weighted by Crippen LogP contribution is 2.26. The zero-order chi connectivity index (χ0) is 24.1. The fourth-order valence-electron chi connectivity index (χ4n) is 3.00. The molecule has 2 aromatic heterocycles. The Bertz CT molecular complexity index is 1130. The molecule has 1 aromatic carbocycles. The number of carboxylic acid groups (broad SMARTS) is 1. The zero-order valence-corrected chi connectivity index (χ0v) is 19.8. The maximum atomic E-state index is 13.0. The molecular weight excluding hydrogens is 464 g/mol. The summed E-state index contributed by atoms with van der Waals surface area (Å²) < 4.78 is 0. The van der Waals surface area contributed by atoms with Gasteiger partial charge in [-0.25, -0.2) is 14.8 Å². The first-order valence-corrected chi connectivity index (χ1v) is 11.9. The number of aliphatic hydroxyl groups excluding tert-OH is 1. The molecule has 9 nitrogen and oxygen atoms in total. The predicted molar refractivity (Wildman–Crippen MR) is 125 cm³/mol. The molecule has 0 saturated heterocycles. The van der Waals surface area contributed by atoms with Gasteiger partial charge in [0.2, 0.25) is 5.91 Å². The number of carbonyl (C=O) groups excluding carboxylic acids is 2. The fourth-order valence-corrected chi connectivity index (χ4v) is 4.82. The van der Waals surface area contributed by atoms with E-state index in [9.17, 15) is 19.5 Å². The van der Waals surface area contributed by atoms with Crippen LogP contribution < -0.4 is 10.6 Å². The van der Waals surface area contributed by atoms with Gasteiger partial charge in [0.1, 0.15) is 21.8 Å². The van der Waals surface area contributed by atoms with Crippen LogP contribution in [0.25, 0.3) is 10.6 Å². The van der Waals surface area contributed by atoms with Crippen LogP contribution in [-0.4, -0.2) is 50.1 Å². The van der Waals surface area contributed by atoms with Crippen LogP contribution >= 0.6 is 22.7 Å². The van der Waals surface area contributed by atoms with Crippen molar-refractivity contribution in [2.24, 2.45) is 5.92 Å². The largest absolute Gasteiger partial charge is 0.476 e. The van der Waals surface area contributed by atoms with Gasteiger partial charge in [0.05, 0.1) is 12.1 Å². The lowest BCUT2D eigenvalue weighted by atomic mass is 10.0. The van der Waals surface area contributed by atoms with E-state index >= 15 is 0 Å². The van der Waals surface area contributed by atoms with E-state index < -0.39 is 36.0 Å². The molecule has 11 heteroatoms. The first-order valence-electron chi connectivity index (χ1n) is 10.2. The van der Waals surface area contributed by atoms with Gasteiger partial charge in [-0.2, -0.15) is 0 Å². The summed E-state index contributed by atoms with van der Waals surface area (Å²) in [6, 6.07) is 7.57. The molecule has 3 atom stereocenters. The van der Waals surface area contributed by atoms with E-state index in [4.69, 9.17) is 5.11 Å². The molecule has 4 N–H and O–H groups in total.